The van der Waals surface area contributed by atoms with Gasteiger partial charge >= 0.3 is 0 Å². The van der Waals surface area contributed by atoms with E-state index in [1.54, 1.807) is 17.0 Å². The van der Waals surface area contributed by atoms with Gasteiger partial charge in [0, 0.05) is 49.3 Å². The molecule has 1 saturated heterocycles. The van der Waals surface area contributed by atoms with E-state index >= 15 is 0 Å². The Kier molecular flexibility index (Phi) is 5.08. The van der Waals surface area contributed by atoms with E-state index < -0.39 is 10.3 Å². The van der Waals surface area contributed by atoms with E-state index in [9.17, 15) is 19.7 Å². The van der Waals surface area contributed by atoms with Crippen LogP contribution in [0, 0.1) is 15.5 Å². The van der Waals surface area contributed by atoms with Crippen LogP contribution < -0.4 is 10.2 Å². The van der Waals surface area contributed by atoms with E-state index in [4.69, 9.17) is 0 Å². The summed E-state index contributed by atoms with van der Waals surface area (Å²) in [4.78, 5) is 39.4. The summed E-state index contributed by atoms with van der Waals surface area (Å²) in [7, 11) is 0. The summed E-state index contributed by atoms with van der Waals surface area (Å²) in [6.07, 6.45) is 1.92. The van der Waals surface area contributed by atoms with Crippen molar-refractivity contribution in [1.29, 1.82) is 0 Å². The van der Waals surface area contributed by atoms with Gasteiger partial charge in [0.2, 0.25) is 5.91 Å². The molecule has 2 amide bonds. The van der Waals surface area contributed by atoms with Gasteiger partial charge in [0.05, 0.1) is 4.92 Å². The monoisotopic (exact) mass is 374 g/mol. The van der Waals surface area contributed by atoms with E-state index in [1.807, 2.05) is 25.7 Å². The second-order valence-electron chi connectivity index (χ2n) is 8.24. The van der Waals surface area contributed by atoms with Gasteiger partial charge in [-0.1, -0.05) is 20.8 Å². The Labute approximate surface area is 158 Å². The van der Waals surface area contributed by atoms with Crippen LogP contribution in [-0.2, 0) is 4.79 Å². The molecule has 27 heavy (non-hydrogen) atoms. The Hall–Kier alpha value is -2.64. The van der Waals surface area contributed by atoms with E-state index in [1.165, 1.54) is 6.07 Å². The van der Waals surface area contributed by atoms with Crippen molar-refractivity contribution in [2.45, 2.75) is 39.7 Å². The molecule has 1 saturated carbocycles. The minimum absolute atomic E-state index is 0.0750. The minimum Gasteiger partial charge on any atom is -0.362 e. The quantitative estimate of drug-likeness (QED) is 0.644. The smallest absolute Gasteiger partial charge is 0.293 e. The van der Waals surface area contributed by atoms with Crippen LogP contribution in [0.4, 0.5) is 11.4 Å². The van der Waals surface area contributed by atoms with Gasteiger partial charge in [-0.3, -0.25) is 19.7 Å². The lowest BCUT2D eigenvalue weighted by atomic mass is 9.94. The van der Waals surface area contributed by atoms with Crippen LogP contribution in [0.15, 0.2) is 18.2 Å². The van der Waals surface area contributed by atoms with Crippen LogP contribution in [0.25, 0.3) is 0 Å². The van der Waals surface area contributed by atoms with Crippen LogP contribution in [0.3, 0.4) is 0 Å². The van der Waals surface area contributed by atoms with Crippen LogP contribution in [-0.4, -0.2) is 53.9 Å². The van der Waals surface area contributed by atoms with Gasteiger partial charge in [-0.25, -0.2) is 0 Å². The number of carbonyl (C=O) groups excluding carboxylic acids is 2. The molecule has 0 radical (unpaired) electrons. The predicted octanol–water partition coefficient (Wildman–Crippen LogP) is 2.18. The first kappa shape index (κ1) is 19.1. The number of hydrogen-bond donors (Lipinski definition) is 1. The first-order valence-corrected chi connectivity index (χ1v) is 9.30. The Balaban J connectivity index is 1.73. The van der Waals surface area contributed by atoms with Crippen LogP contribution in [0.2, 0.25) is 0 Å². The van der Waals surface area contributed by atoms with Crippen molar-refractivity contribution >= 4 is 23.2 Å². The summed E-state index contributed by atoms with van der Waals surface area (Å²) in [5.41, 5.74) is 0.281. The Morgan fingerprint density at radius 2 is 1.78 bits per heavy atom. The third kappa shape index (κ3) is 4.37. The van der Waals surface area contributed by atoms with Gasteiger partial charge < -0.3 is 15.1 Å². The highest BCUT2D eigenvalue weighted by Crippen LogP contribution is 2.31. The maximum atomic E-state index is 12.4. The number of carbonyl (C=O) groups is 2. The van der Waals surface area contributed by atoms with Gasteiger partial charge in [0.1, 0.15) is 5.69 Å². The van der Waals surface area contributed by atoms with Gasteiger partial charge in [0.25, 0.3) is 11.6 Å². The number of rotatable bonds is 4. The van der Waals surface area contributed by atoms with E-state index in [-0.39, 0.29) is 23.5 Å². The first-order chi connectivity index (χ1) is 12.7. The fraction of sp³-hybridized carbons (Fsp3) is 0.579. The molecule has 0 atom stereocenters. The molecule has 8 nitrogen and oxygen atoms in total. The standard InChI is InChI=1S/C19H26N4O4/c1-19(2,3)18(25)22-10-8-21(9-11-22)15-7-4-13(12-16(15)23(26)27)17(24)20-14-5-6-14/h4,7,12,14H,5-6,8-11H2,1-3H3,(H,20,24). The number of nitro groups is 1. The molecule has 8 heteroatoms. The summed E-state index contributed by atoms with van der Waals surface area (Å²) in [6.45, 7) is 7.76. The SMILES string of the molecule is CC(C)(C)C(=O)N1CCN(c2ccc(C(=O)NC3CC3)cc2[N+](=O)[O-])CC1. The van der Waals surface area contributed by atoms with Gasteiger partial charge in [-0.2, -0.15) is 0 Å². The fourth-order valence-corrected chi connectivity index (χ4v) is 3.20. The first-order valence-electron chi connectivity index (χ1n) is 9.30. The van der Waals surface area contributed by atoms with E-state index in [0.29, 0.717) is 37.4 Å². The molecule has 1 N–H and O–H groups in total. The van der Waals surface area contributed by atoms with Crippen molar-refractivity contribution in [2.24, 2.45) is 5.41 Å². The summed E-state index contributed by atoms with van der Waals surface area (Å²) < 4.78 is 0. The average molecular weight is 374 g/mol. The largest absolute Gasteiger partial charge is 0.362 e. The second-order valence-corrected chi connectivity index (χ2v) is 8.24. The average Bonchev–Trinajstić information content (AvgIpc) is 3.44. The molecular weight excluding hydrogens is 348 g/mol. The normalized spacial score (nSPS) is 17.6. The molecule has 1 aliphatic heterocycles. The van der Waals surface area contributed by atoms with Crippen LogP contribution >= 0.6 is 0 Å². The lowest BCUT2D eigenvalue weighted by Crippen LogP contribution is -2.51. The molecule has 1 aromatic rings. The highest BCUT2D eigenvalue weighted by molar-refractivity contribution is 5.96. The highest BCUT2D eigenvalue weighted by atomic mass is 16.6. The van der Waals surface area contributed by atoms with E-state index in [0.717, 1.165) is 12.8 Å². The molecule has 146 valence electrons. The van der Waals surface area contributed by atoms with E-state index in [2.05, 4.69) is 5.32 Å². The molecule has 3 rings (SSSR count). The molecule has 1 aromatic carbocycles. The molecule has 2 fully saturated rings. The van der Waals surface area contributed by atoms with Crippen molar-refractivity contribution in [1.82, 2.24) is 10.2 Å². The molecule has 0 unspecified atom stereocenters. The van der Waals surface area contributed by atoms with Crippen LogP contribution in [0.1, 0.15) is 44.0 Å². The van der Waals surface area contributed by atoms with Gasteiger partial charge in [-0.05, 0) is 25.0 Å². The van der Waals surface area contributed by atoms with Crippen molar-refractivity contribution in [2.75, 3.05) is 31.1 Å². The van der Waals surface area contributed by atoms with Crippen molar-refractivity contribution < 1.29 is 14.5 Å². The molecular formula is C19H26N4O4. The van der Waals surface area contributed by atoms with Crippen molar-refractivity contribution in [3.63, 3.8) is 0 Å². The molecule has 1 heterocycles. The molecule has 0 spiro atoms. The predicted molar refractivity (Wildman–Crippen MR) is 102 cm³/mol. The highest BCUT2D eigenvalue weighted by Gasteiger charge is 2.32. The Morgan fingerprint density at radius 3 is 2.30 bits per heavy atom. The number of amides is 2. The number of benzene rings is 1. The molecule has 0 aromatic heterocycles. The van der Waals surface area contributed by atoms with Crippen LogP contribution in [0.5, 0.6) is 0 Å². The lowest BCUT2D eigenvalue weighted by molar-refractivity contribution is -0.384. The zero-order valence-corrected chi connectivity index (χ0v) is 16.0. The zero-order valence-electron chi connectivity index (χ0n) is 16.0. The number of nitrogens with zero attached hydrogens (tertiary/aromatic N) is 3. The van der Waals surface area contributed by atoms with Crippen molar-refractivity contribution in [3.05, 3.63) is 33.9 Å². The van der Waals surface area contributed by atoms with Gasteiger partial charge in [0.15, 0.2) is 0 Å². The van der Waals surface area contributed by atoms with Gasteiger partial charge in [-0.15, -0.1) is 0 Å². The third-order valence-electron chi connectivity index (χ3n) is 4.90. The zero-order chi connectivity index (χ0) is 19.8. The number of hydrogen-bond acceptors (Lipinski definition) is 5. The molecule has 2 aliphatic rings. The number of nitro benzene ring substituents is 1. The maximum Gasteiger partial charge on any atom is 0.293 e. The number of piperazine rings is 1. The topological polar surface area (TPSA) is 95.8 Å². The lowest BCUT2D eigenvalue weighted by Gasteiger charge is -2.38. The summed E-state index contributed by atoms with van der Waals surface area (Å²) in [5.74, 6) is -0.184. The molecule has 0 bridgehead atoms. The Morgan fingerprint density at radius 1 is 1.15 bits per heavy atom. The fourth-order valence-electron chi connectivity index (χ4n) is 3.20. The molecule has 1 aliphatic carbocycles. The summed E-state index contributed by atoms with van der Waals surface area (Å²) in [5, 5.41) is 14.4. The number of nitrogens with one attached hydrogen (secondary N) is 1. The minimum atomic E-state index is -0.448. The maximum absolute atomic E-state index is 12.4. The Bertz CT molecular complexity index is 759. The van der Waals surface area contributed by atoms with Crippen molar-refractivity contribution in [3.8, 4) is 0 Å². The second kappa shape index (κ2) is 7.17. The third-order valence-corrected chi connectivity index (χ3v) is 4.90. The summed E-state index contributed by atoms with van der Waals surface area (Å²) >= 11 is 0. The summed E-state index contributed by atoms with van der Waals surface area (Å²) in [6, 6.07) is 4.82. The number of anilines is 1.